The highest BCUT2D eigenvalue weighted by atomic mass is 19.3. The van der Waals surface area contributed by atoms with Crippen LogP contribution in [-0.2, 0) is 13.0 Å². The van der Waals surface area contributed by atoms with Crippen molar-refractivity contribution in [3.05, 3.63) is 89.2 Å². The number of benzene rings is 2. The van der Waals surface area contributed by atoms with Gasteiger partial charge in [-0.15, -0.1) is 10.2 Å². The number of rotatable bonds is 6. The van der Waals surface area contributed by atoms with Gasteiger partial charge in [0.15, 0.2) is 5.82 Å². The Morgan fingerprint density at radius 2 is 1.89 bits per heavy atom. The number of allylic oxidation sites excluding steroid dienone is 1. The minimum absolute atomic E-state index is 0.000820. The van der Waals surface area contributed by atoms with Gasteiger partial charge in [0.1, 0.15) is 11.6 Å². The topological polar surface area (TPSA) is 81.2 Å². The summed E-state index contributed by atoms with van der Waals surface area (Å²) in [6, 6.07) is 5.94. The van der Waals surface area contributed by atoms with Crippen LogP contribution in [0.3, 0.4) is 0 Å². The van der Waals surface area contributed by atoms with Gasteiger partial charge in [0.25, 0.3) is 5.91 Å². The quantitative estimate of drug-likeness (QED) is 0.296. The molecule has 0 atom stereocenters. The number of aromatic nitrogens is 5. The monoisotopic (exact) mass is 499 g/mol. The number of amides is 1. The molecule has 0 aliphatic carbocycles. The van der Waals surface area contributed by atoms with E-state index in [2.05, 4.69) is 27.0 Å². The number of carbonyl (C=O) groups is 1. The molecule has 0 aliphatic rings. The van der Waals surface area contributed by atoms with E-state index in [0.717, 1.165) is 16.8 Å². The summed E-state index contributed by atoms with van der Waals surface area (Å²) in [4.78, 5) is 13.3. The number of hydrogen-bond donors (Lipinski definition) is 0. The molecular weight excluding hydrogens is 478 g/mol. The fourth-order valence-corrected chi connectivity index (χ4v) is 3.63. The molecule has 2 aromatic carbocycles. The highest BCUT2D eigenvalue weighted by Crippen LogP contribution is 2.38. The molecule has 0 fully saturated rings. The molecule has 12 heteroatoms. The van der Waals surface area contributed by atoms with Crippen LogP contribution in [0.4, 0.5) is 17.6 Å². The number of nitrogens with zero attached hydrogens (tertiary/aromatic N) is 7. The van der Waals surface area contributed by atoms with Crippen molar-refractivity contribution < 1.29 is 22.4 Å². The van der Waals surface area contributed by atoms with Gasteiger partial charge in [0.2, 0.25) is 5.82 Å². The largest absolute Gasteiger partial charge is 0.345 e. The summed E-state index contributed by atoms with van der Waals surface area (Å²) in [6.07, 6.45) is 2.53. The third-order valence-electron chi connectivity index (χ3n) is 5.46. The highest BCUT2D eigenvalue weighted by molar-refractivity contribution is 6.09. The lowest BCUT2D eigenvalue weighted by Crippen LogP contribution is -2.23. The molecule has 0 saturated carbocycles. The van der Waals surface area contributed by atoms with Crippen LogP contribution in [0.25, 0.3) is 10.9 Å². The maximum Gasteiger partial charge on any atom is 0.336 e. The number of alkyl halides is 2. The molecule has 8 nitrogen and oxygen atoms in total. The molecule has 186 valence electrons. The zero-order valence-corrected chi connectivity index (χ0v) is 19.8. The first-order valence-corrected chi connectivity index (χ1v) is 10.6. The maximum absolute atomic E-state index is 15.6. The minimum atomic E-state index is -3.93. The molecule has 2 aromatic heterocycles. The van der Waals surface area contributed by atoms with Crippen molar-refractivity contribution in [1.29, 1.82) is 0 Å². The second kappa shape index (κ2) is 9.02. The Bertz CT molecular complexity index is 1530. The van der Waals surface area contributed by atoms with Crippen LogP contribution in [0, 0.1) is 18.6 Å². The van der Waals surface area contributed by atoms with Crippen molar-refractivity contribution in [2.45, 2.75) is 12.8 Å². The second-order valence-corrected chi connectivity index (χ2v) is 8.20. The maximum atomic E-state index is 15.6. The predicted octanol–water partition coefficient (Wildman–Crippen LogP) is 4.03. The number of carbonyl (C=O) groups excluding carboxylic acids is 1. The fourth-order valence-electron chi connectivity index (χ4n) is 3.63. The lowest BCUT2D eigenvalue weighted by Gasteiger charge is -2.17. The van der Waals surface area contributed by atoms with Gasteiger partial charge in [-0.3, -0.25) is 9.48 Å². The molecule has 4 rings (SSSR count). The zero-order chi connectivity index (χ0) is 26.4. The van der Waals surface area contributed by atoms with E-state index in [1.54, 1.807) is 7.05 Å². The molecule has 0 unspecified atom stereocenters. The van der Waals surface area contributed by atoms with Crippen LogP contribution in [-0.4, -0.2) is 55.3 Å². The fraction of sp³-hybridized carbons (Fsp3) is 0.208. The zero-order valence-electron chi connectivity index (χ0n) is 19.8. The Kier molecular flexibility index (Phi) is 6.21. The standard InChI is InChI=1S/C24H21F4N7O/c1-6-19(14-7-8-15(18(25)11-14)22(36)33(3)4)32-35-13(2)29-30-23(35)24(27,28)17-9-10-20-16(21(17)26)12-34(5)31-20/h6-12H,1H2,2-5H3/b32-19+. The Morgan fingerprint density at radius 3 is 2.53 bits per heavy atom. The number of fused-ring (bicyclic) bond motifs is 1. The molecule has 0 aliphatic heterocycles. The third kappa shape index (κ3) is 4.14. The van der Waals surface area contributed by atoms with Crippen molar-refractivity contribution in [2.75, 3.05) is 14.1 Å². The van der Waals surface area contributed by atoms with Gasteiger partial charge in [0, 0.05) is 32.9 Å². The summed E-state index contributed by atoms with van der Waals surface area (Å²) >= 11 is 0. The smallest absolute Gasteiger partial charge is 0.336 e. The average Bonchev–Trinajstić information content (AvgIpc) is 3.39. The summed E-state index contributed by atoms with van der Waals surface area (Å²) in [5, 5.41) is 15.3. The van der Waals surface area contributed by atoms with Crippen LogP contribution in [0.1, 0.15) is 33.1 Å². The van der Waals surface area contributed by atoms with Crippen LogP contribution < -0.4 is 0 Å². The molecule has 1 amide bonds. The van der Waals surface area contributed by atoms with Gasteiger partial charge >= 0.3 is 5.92 Å². The molecule has 0 saturated heterocycles. The van der Waals surface area contributed by atoms with Crippen LogP contribution >= 0.6 is 0 Å². The van der Waals surface area contributed by atoms with Crippen molar-refractivity contribution in [1.82, 2.24) is 29.6 Å². The number of hydrogen-bond acceptors (Lipinski definition) is 5. The van der Waals surface area contributed by atoms with Crippen LogP contribution in [0.5, 0.6) is 0 Å². The molecular formula is C24H21F4N7O. The summed E-state index contributed by atoms with van der Waals surface area (Å²) in [7, 11) is 4.52. The number of halogens is 4. The molecule has 36 heavy (non-hydrogen) atoms. The summed E-state index contributed by atoms with van der Waals surface area (Å²) in [5.74, 6) is -7.40. The Balaban J connectivity index is 1.81. The van der Waals surface area contributed by atoms with Crippen molar-refractivity contribution in [3.63, 3.8) is 0 Å². The molecule has 0 radical (unpaired) electrons. The first kappa shape index (κ1) is 24.8. The normalized spacial score (nSPS) is 12.3. The summed E-state index contributed by atoms with van der Waals surface area (Å²) in [5.41, 5.74) is -0.702. The minimum Gasteiger partial charge on any atom is -0.345 e. The van der Waals surface area contributed by atoms with Gasteiger partial charge in [-0.2, -0.15) is 23.7 Å². The van der Waals surface area contributed by atoms with E-state index in [1.165, 1.54) is 61.1 Å². The van der Waals surface area contributed by atoms with E-state index in [9.17, 15) is 9.18 Å². The predicted molar refractivity (Wildman–Crippen MR) is 125 cm³/mol. The highest BCUT2D eigenvalue weighted by Gasteiger charge is 2.43. The lowest BCUT2D eigenvalue weighted by atomic mass is 10.0. The van der Waals surface area contributed by atoms with Crippen LogP contribution in [0.2, 0.25) is 0 Å². The van der Waals surface area contributed by atoms with Crippen molar-refractivity contribution in [3.8, 4) is 0 Å². The van der Waals surface area contributed by atoms with E-state index in [1.807, 2.05) is 0 Å². The van der Waals surface area contributed by atoms with Crippen molar-refractivity contribution in [2.24, 2.45) is 12.1 Å². The first-order valence-electron chi connectivity index (χ1n) is 10.6. The van der Waals surface area contributed by atoms with Crippen LogP contribution in [0.15, 0.2) is 54.3 Å². The van der Waals surface area contributed by atoms with E-state index in [4.69, 9.17) is 0 Å². The van der Waals surface area contributed by atoms with Gasteiger partial charge in [-0.25, -0.2) is 8.78 Å². The molecule has 0 bridgehead atoms. The van der Waals surface area contributed by atoms with Gasteiger partial charge in [-0.05, 0) is 37.3 Å². The van der Waals surface area contributed by atoms with Gasteiger partial charge < -0.3 is 4.90 Å². The average molecular weight is 499 g/mol. The Hall–Kier alpha value is -4.35. The SMILES string of the molecule is C=C/C(=N\n1c(C)nnc1C(F)(F)c1ccc2nn(C)cc2c1F)c1ccc(C(=O)N(C)C)c(F)c1. The van der Waals surface area contributed by atoms with Crippen molar-refractivity contribution >= 4 is 22.5 Å². The molecule has 4 aromatic rings. The van der Waals surface area contributed by atoms with E-state index in [0.29, 0.717) is 0 Å². The van der Waals surface area contributed by atoms with E-state index in [-0.39, 0.29) is 33.6 Å². The summed E-state index contributed by atoms with van der Waals surface area (Å²) < 4.78 is 63.0. The second-order valence-electron chi connectivity index (χ2n) is 8.20. The summed E-state index contributed by atoms with van der Waals surface area (Å²) in [6.45, 7) is 5.01. The molecule has 2 heterocycles. The lowest BCUT2D eigenvalue weighted by molar-refractivity contribution is 0.0257. The third-order valence-corrected chi connectivity index (χ3v) is 5.46. The van der Waals surface area contributed by atoms with Gasteiger partial charge in [-0.1, -0.05) is 12.6 Å². The Labute approximate surface area is 203 Å². The first-order chi connectivity index (χ1) is 16.9. The van der Waals surface area contributed by atoms with E-state index >= 15 is 13.2 Å². The Morgan fingerprint density at radius 1 is 1.17 bits per heavy atom. The van der Waals surface area contributed by atoms with E-state index < -0.39 is 34.9 Å². The molecule has 0 spiro atoms. The number of aryl methyl sites for hydroxylation is 2. The van der Waals surface area contributed by atoms with Gasteiger partial charge in [0.05, 0.1) is 27.7 Å². The molecule has 0 N–H and O–H groups in total.